The molecule has 26 heavy (non-hydrogen) atoms. The molecule has 9 heteroatoms. The number of hydrogen-bond donors (Lipinski definition) is 2. The fourth-order valence-electron chi connectivity index (χ4n) is 2.70. The fraction of sp³-hybridized carbons (Fsp3) is 0.471. The lowest BCUT2D eigenvalue weighted by molar-refractivity contribution is 0.0533. The van der Waals surface area contributed by atoms with Gasteiger partial charge in [0.2, 0.25) is 0 Å². The molecule has 3 rings (SSSR count). The second kappa shape index (κ2) is 7.98. The standard InChI is InChI=1S/C17H21N3O5S/c1-3-25-16(22)14-13(12-5-4-10(2)18-15(12)26-14)19-17(23)20-6-7-24-9-11(21)8-20/h4-5,11,21H,3,6-9H2,1-2H3,(H,19,23)/t11-/m0/s1. The summed E-state index contributed by atoms with van der Waals surface area (Å²) in [5, 5.41) is 13.3. The number of thiophene rings is 1. The van der Waals surface area contributed by atoms with Gasteiger partial charge in [-0.05, 0) is 26.0 Å². The molecule has 2 aromatic rings. The van der Waals surface area contributed by atoms with Crippen molar-refractivity contribution in [2.75, 3.05) is 38.2 Å². The van der Waals surface area contributed by atoms with Gasteiger partial charge < -0.3 is 24.8 Å². The molecule has 0 unspecified atom stereocenters. The van der Waals surface area contributed by atoms with Crippen molar-refractivity contribution >= 4 is 39.2 Å². The van der Waals surface area contributed by atoms with Crippen molar-refractivity contribution in [1.82, 2.24) is 9.88 Å². The van der Waals surface area contributed by atoms with E-state index in [1.165, 1.54) is 16.2 Å². The van der Waals surface area contributed by atoms with Crippen LogP contribution in [0.3, 0.4) is 0 Å². The Labute approximate surface area is 154 Å². The van der Waals surface area contributed by atoms with Crippen LogP contribution in [0.2, 0.25) is 0 Å². The van der Waals surface area contributed by atoms with Crippen molar-refractivity contribution in [3.8, 4) is 0 Å². The maximum atomic E-state index is 12.7. The number of nitrogens with one attached hydrogen (secondary N) is 1. The molecule has 0 saturated carbocycles. The Bertz CT molecular complexity index is 822. The summed E-state index contributed by atoms with van der Waals surface area (Å²) in [6.45, 7) is 4.90. The number of aliphatic hydroxyl groups excluding tert-OH is 1. The van der Waals surface area contributed by atoms with E-state index >= 15 is 0 Å². The summed E-state index contributed by atoms with van der Waals surface area (Å²) in [4.78, 5) is 31.9. The van der Waals surface area contributed by atoms with Crippen LogP contribution in [-0.4, -0.2) is 66.0 Å². The molecule has 1 fully saturated rings. The minimum atomic E-state index is -0.740. The smallest absolute Gasteiger partial charge is 0.350 e. The summed E-state index contributed by atoms with van der Waals surface area (Å²) in [6.07, 6.45) is -0.740. The van der Waals surface area contributed by atoms with Gasteiger partial charge in [-0.15, -0.1) is 11.3 Å². The highest BCUT2D eigenvalue weighted by molar-refractivity contribution is 7.21. The van der Waals surface area contributed by atoms with Gasteiger partial charge >= 0.3 is 12.0 Å². The van der Waals surface area contributed by atoms with Crippen molar-refractivity contribution in [3.63, 3.8) is 0 Å². The molecule has 2 aromatic heterocycles. The van der Waals surface area contributed by atoms with Gasteiger partial charge in [0.15, 0.2) is 0 Å². The number of aromatic nitrogens is 1. The lowest BCUT2D eigenvalue weighted by Gasteiger charge is -2.22. The van der Waals surface area contributed by atoms with Crippen molar-refractivity contribution in [2.24, 2.45) is 0 Å². The van der Waals surface area contributed by atoms with Crippen LogP contribution in [-0.2, 0) is 9.47 Å². The highest BCUT2D eigenvalue weighted by Crippen LogP contribution is 2.35. The molecule has 0 bridgehead atoms. The Morgan fingerprint density at radius 1 is 1.50 bits per heavy atom. The number of hydrogen-bond acceptors (Lipinski definition) is 7. The molecule has 140 valence electrons. The highest BCUT2D eigenvalue weighted by atomic mass is 32.1. The molecular formula is C17H21N3O5S. The normalized spacial score (nSPS) is 17.8. The largest absolute Gasteiger partial charge is 0.462 e. The summed E-state index contributed by atoms with van der Waals surface area (Å²) in [5.74, 6) is -0.498. The summed E-state index contributed by atoms with van der Waals surface area (Å²) in [5.41, 5.74) is 1.21. The number of carbonyl (C=O) groups is 2. The van der Waals surface area contributed by atoms with Crippen LogP contribution < -0.4 is 5.32 Å². The SMILES string of the molecule is CCOC(=O)c1sc2nc(C)ccc2c1NC(=O)N1CCOC[C@@H](O)C1. The third-order valence-electron chi connectivity index (χ3n) is 3.92. The predicted molar refractivity (Wildman–Crippen MR) is 97.7 cm³/mol. The van der Waals surface area contributed by atoms with Crippen LogP contribution in [0.15, 0.2) is 12.1 Å². The molecule has 1 atom stereocenters. The van der Waals surface area contributed by atoms with Crippen LogP contribution in [0.1, 0.15) is 22.3 Å². The molecule has 0 aromatic carbocycles. The summed E-state index contributed by atoms with van der Waals surface area (Å²) in [6, 6.07) is 3.25. The number of fused-ring (bicyclic) bond motifs is 1. The molecule has 2 N–H and O–H groups in total. The number of rotatable bonds is 3. The summed E-state index contributed by atoms with van der Waals surface area (Å²) in [7, 11) is 0. The van der Waals surface area contributed by atoms with Crippen LogP contribution in [0.25, 0.3) is 10.2 Å². The quantitative estimate of drug-likeness (QED) is 0.791. The van der Waals surface area contributed by atoms with E-state index < -0.39 is 18.1 Å². The number of nitrogens with zero attached hydrogens (tertiary/aromatic N) is 2. The summed E-state index contributed by atoms with van der Waals surface area (Å²) < 4.78 is 10.4. The number of amides is 2. The van der Waals surface area contributed by atoms with Crippen molar-refractivity contribution < 1.29 is 24.2 Å². The fourth-order valence-corrected chi connectivity index (χ4v) is 3.77. The van der Waals surface area contributed by atoms with Gasteiger partial charge in [-0.1, -0.05) is 0 Å². The Balaban J connectivity index is 1.93. The Kier molecular flexibility index (Phi) is 5.70. The van der Waals surface area contributed by atoms with Crippen LogP contribution in [0.5, 0.6) is 0 Å². The van der Waals surface area contributed by atoms with E-state index in [1.54, 1.807) is 6.92 Å². The molecular weight excluding hydrogens is 358 g/mol. The van der Waals surface area contributed by atoms with Crippen molar-refractivity contribution in [2.45, 2.75) is 20.0 Å². The number of pyridine rings is 1. The van der Waals surface area contributed by atoms with E-state index in [-0.39, 0.29) is 19.8 Å². The zero-order chi connectivity index (χ0) is 18.7. The number of β-amino-alcohol motifs (C(OH)–C–C–N with tert-alkyl or cyclic N) is 1. The minimum absolute atomic E-state index is 0.167. The van der Waals surface area contributed by atoms with E-state index in [1.807, 2.05) is 19.1 Å². The number of esters is 1. The average Bonchev–Trinajstić information content (AvgIpc) is 2.79. The van der Waals surface area contributed by atoms with E-state index in [9.17, 15) is 14.7 Å². The maximum absolute atomic E-state index is 12.7. The molecule has 3 heterocycles. The first-order chi connectivity index (χ1) is 12.5. The molecule has 2 amide bonds. The van der Waals surface area contributed by atoms with E-state index in [0.29, 0.717) is 33.9 Å². The van der Waals surface area contributed by atoms with Crippen LogP contribution >= 0.6 is 11.3 Å². The van der Waals surface area contributed by atoms with Crippen molar-refractivity contribution in [3.05, 3.63) is 22.7 Å². The number of anilines is 1. The van der Waals surface area contributed by atoms with Crippen LogP contribution in [0, 0.1) is 6.92 Å². The zero-order valence-electron chi connectivity index (χ0n) is 14.7. The first-order valence-electron chi connectivity index (χ1n) is 8.38. The summed E-state index contributed by atoms with van der Waals surface area (Å²) >= 11 is 1.19. The zero-order valence-corrected chi connectivity index (χ0v) is 15.5. The lowest BCUT2D eigenvalue weighted by atomic mass is 10.2. The van der Waals surface area contributed by atoms with Gasteiger partial charge in [0.1, 0.15) is 9.71 Å². The molecule has 1 saturated heterocycles. The molecule has 1 aliphatic rings. The maximum Gasteiger partial charge on any atom is 0.350 e. The Morgan fingerprint density at radius 2 is 2.31 bits per heavy atom. The van der Waals surface area contributed by atoms with Gasteiger partial charge in [-0.3, -0.25) is 0 Å². The number of urea groups is 1. The molecule has 0 radical (unpaired) electrons. The Hall–Kier alpha value is -2.23. The third kappa shape index (κ3) is 3.95. The monoisotopic (exact) mass is 379 g/mol. The van der Waals surface area contributed by atoms with E-state index in [0.717, 1.165) is 5.69 Å². The van der Waals surface area contributed by atoms with Gasteiger partial charge in [-0.2, -0.15) is 0 Å². The third-order valence-corrected chi connectivity index (χ3v) is 5.00. The molecule has 1 aliphatic heterocycles. The number of aryl methyl sites for hydroxylation is 1. The topological polar surface area (TPSA) is 101 Å². The van der Waals surface area contributed by atoms with E-state index in [2.05, 4.69) is 10.3 Å². The van der Waals surface area contributed by atoms with Crippen LogP contribution in [0.4, 0.5) is 10.5 Å². The number of carbonyl (C=O) groups excluding carboxylic acids is 2. The first kappa shape index (κ1) is 18.6. The van der Waals surface area contributed by atoms with Gasteiger partial charge in [0.05, 0.1) is 38.2 Å². The first-order valence-corrected chi connectivity index (χ1v) is 9.20. The second-order valence-electron chi connectivity index (χ2n) is 5.94. The molecule has 0 spiro atoms. The molecule has 8 nitrogen and oxygen atoms in total. The average molecular weight is 379 g/mol. The van der Waals surface area contributed by atoms with Gasteiger partial charge in [0.25, 0.3) is 0 Å². The number of ether oxygens (including phenoxy) is 2. The van der Waals surface area contributed by atoms with Gasteiger partial charge in [0, 0.05) is 17.6 Å². The Morgan fingerprint density at radius 3 is 3.08 bits per heavy atom. The van der Waals surface area contributed by atoms with Crippen molar-refractivity contribution in [1.29, 1.82) is 0 Å². The highest BCUT2D eigenvalue weighted by Gasteiger charge is 2.26. The van der Waals surface area contributed by atoms with Gasteiger partial charge in [-0.25, -0.2) is 14.6 Å². The lowest BCUT2D eigenvalue weighted by Crippen LogP contribution is -2.40. The minimum Gasteiger partial charge on any atom is -0.462 e. The second-order valence-corrected chi connectivity index (χ2v) is 6.94. The number of aliphatic hydroxyl groups is 1. The molecule has 0 aliphatic carbocycles. The van der Waals surface area contributed by atoms with E-state index in [4.69, 9.17) is 9.47 Å². The predicted octanol–water partition coefficient (Wildman–Crippen LogP) is 2.01.